The van der Waals surface area contributed by atoms with Gasteiger partial charge in [0.1, 0.15) is 30.0 Å². The van der Waals surface area contributed by atoms with Crippen LogP contribution in [0.3, 0.4) is 0 Å². The molecule has 0 amide bonds. The molecule has 0 saturated heterocycles. The van der Waals surface area contributed by atoms with Gasteiger partial charge in [-0.25, -0.2) is 0 Å². The molecule has 2 N–H and O–H groups in total. The summed E-state index contributed by atoms with van der Waals surface area (Å²) in [6.45, 7) is 3.03. The third kappa shape index (κ3) is 5.25. The number of aliphatic hydroxyl groups excluding tert-OH is 1. The molecule has 0 saturated carbocycles. The number of halogens is 2. The molecule has 1 atom stereocenters. The molecule has 1 unspecified atom stereocenters. The SMILES string of the molecule is Cc1ccc(CNCC(O)COc2ccc(Cl)c(Cl)c2)o1. The normalized spacial score (nSPS) is 12.4. The molecule has 0 aliphatic rings. The predicted octanol–water partition coefficient (Wildman–Crippen LogP) is 3.42. The van der Waals surface area contributed by atoms with E-state index in [-0.39, 0.29) is 6.61 Å². The average Bonchev–Trinajstić information content (AvgIpc) is 2.86. The van der Waals surface area contributed by atoms with Crippen LogP contribution >= 0.6 is 23.2 Å². The summed E-state index contributed by atoms with van der Waals surface area (Å²) in [5.41, 5.74) is 0. The molecule has 0 radical (unpaired) electrons. The molecule has 0 aliphatic carbocycles. The summed E-state index contributed by atoms with van der Waals surface area (Å²) >= 11 is 11.7. The Balaban J connectivity index is 1.69. The molecule has 6 heteroatoms. The number of rotatable bonds is 7. The maximum atomic E-state index is 9.84. The van der Waals surface area contributed by atoms with Crippen LogP contribution in [0.5, 0.6) is 5.75 Å². The Morgan fingerprint density at radius 3 is 2.71 bits per heavy atom. The Morgan fingerprint density at radius 1 is 1.24 bits per heavy atom. The number of nitrogens with one attached hydrogen (secondary N) is 1. The van der Waals surface area contributed by atoms with Crippen LogP contribution in [0.25, 0.3) is 0 Å². The second-order valence-corrected chi connectivity index (χ2v) is 5.50. The number of aliphatic hydroxyl groups is 1. The van der Waals surface area contributed by atoms with Gasteiger partial charge in [-0.1, -0.05) is 23.2 Å². The topological polar surface area (TPSA) is 54.6 Å². The lowest BCUT2D eigenvalue weighted by Crippen LogP contribution is -2.31. The van der Waals surface area contributed by atoms with Crippen molar-refractivity contribution in [2.75, 3.05) is 13.2 Å². The first-order valence-electron chi connectivity index (χ1n) is 6.56. The Morgan fingerprint density at radius 2 is 2.05 bits per heavy atom. The number of aryl methyl sites for hydroxylation is 1. The molecule has 0 fully saturated rings. The molecule has 1 aromatic carbocycles. The monoisotopic (exact) mass is 329 g/mol. The minimum absolute atomic E-state index is 0.169. The molecule has 1 heterocycles. The zero-order chi connectivity index (χ0) is 15.2. The van der Waals surface area contributed by atoms with Crippen molar-refractivity contribution in [1.29, 1.82) is 0 Å². The second-order valence-electron chi connectivity index (χ2n) is 4.68. The van der Waals surface area contributed by atoms with Gasteiger partial charge in [0.05, 0.1) is 16.6 Å². The zero-order valence-electron chi connectivity index (χ0n) is 11.6. The van der Waals surface area contributed by atoms with Crippen LogP contribution in [-0.4, -0.2) is 24.4 Å². The molecule has 0 spiro atoms. The van der Waals surface area contributed by atoms with Gasteiger partial charge in [-0.3, -0.25) is 0 Å². The van der Waals surface area contributed by atoms with Gasteiger partial charge < -0.3 is 19.6 Å². The summed E-state index contributed by atoms with van der Waals surface area (Å²) in [5.74, 6) is 2.28. The molecule has 2 rings (SSSR count). The minimum Gasteiger partial charge on any atom is -0.491 e. The van der Waals surface area contributed by atoms with Crippen molar-refractivity contribution in [2.24, 2.45) is 0 Å². The summed E-state index contributed by atoms with van der Waals surface area (Å²) in [4.78, 5) is 0. The molecule has 0 aliphatic heterocycles. The molecule has 114 valence electrons. The van der Waals surface area contributed by atoms with Crippen molar-refractivity contribution < 1.29 is 14.3 Å². The standard InChI is InChI=1S/C15H17Cl2NO3/c1-10-2-3-13(21-10)8-18-7-11(19)9-20-12-4-5-14(16)15(17)6-12/h2-6,11,18-19H,7-9H2,1H3. The van der Waals surface area contributed by atoms with E-state index in [0.717, 1.165) is 11.5 Å². The Kier molecular flexibility index (Phi) is 5.94. The van der Waals surface area contributed by atoms with Gasteiger partial charge >= 0.3 is 0 Å². The third-order valence-corrected chi connectivity index (χ3v) is 3.55. The van der Waals surface area contributed by atoms with E-state index < -0.39 is 6.10 Å². The van der Waals surface area contributed by atoms with Crippen molar-refractivity contribution in [3.05, 3.63) is 51.9 Å². The van der Waals surface area contributed by atoms with Crippen LogP contribution in [0.2, 0.25) is 10.0 Å². The number of hydrogen-bond acceptors (Lipinski definition) is 4. The van der Waals surface area contributed by atoms with E-state index >= 15 is 0 Å². The van der Waals surface area contributed by atoms with Gasteiger partial charge in [0.15, 0.2) is 0 Å². The first-order valence-corrected chi connectivity index (χ1v) is 7.32. The maximum Gasteiger partial charge on any atom is 0.121 e. The van der Waals surface area contributed by atoms with Gasteiger partial charge in [0, 0.05) is 12.6 Å². The average molecular weight is 330 g/mol. The Hall–Kier alpha value is -1.20. The molecule has 1 aromatic heterocycles. The second kappa shape index (κ2) is 7.71. The predicted molar refractivity (Wildman–Crippen MR) is 83.1 cm³/mol. The van der Waals surface area contributed by atoms with E-state index in [1.54, 1.807) is 18.2 Å². The van der Waals surface area contributed by atoms with E-state index in [4.69, 9.17) is 32.4 Å². The van der Waals surface area contributed by atoms with Crippen molar-refractivity contribution in [1.82, 2.24) is 5.32 Å². The number of benzene rings is 1. The van der Waals surface area contributed by atoms with Crippen molar-refractivity contribution in [3.63, 3.8) is 0 Å². The van der Waals surface area contributed by atoms with Gasteiger partial charge in [-0.15, -0.1) is 0 Å². The van der Waals surface area contributed by atoms with Crippen LogP contribution in [0.4, 0.5) is 0 Å². The lowest BCUT2D eigenvalue weighted by atomic mass is 10.3. The van der Waals surface area contributed by atoms with Crippen LogP contribution in [0, 0.1) is 6.92 Å². The van der Waals surface area contributed by atoms with E-state index in [1.807, 2.05) is 19.1 Å². The highest BCUT2D eigenvalue weighted by Gasteiger charge is 2.07. The van der Waals surface area contributed by atoms with E-state index in [2.05, 4.69) is 5.32 Å². The number of furan rings is 1. The van der Waals surface area contributed by atoms with Crippen molar-refractivity contribution >= 4 is 23.2 Å². The van der Waals surface area contributed by atoms with Crippen molar-refractivity contribution in [3.8, 4) is 5.75 Å². The smallest absolute Gasteiger partial charge is 0.121 e. The quantitative estimate of drug-likeness (QED) is 0.817. The molecule has 21 heavy (non-hydrogen) atoms. The molecular weight excluding hydrogens is 313 g/mol. The Bertz CT molecular complexity index is 586. The van der Waals surface area contributed by atoms with Crippen LogP contribution in [-0.2, 0) is 6.54 Å². The summed E-state index contributed by atoms with van der Waals surface area (Å²) in [5, 5.41) is 13.8. The molecular formula is C15H17Cl2NO3. The van der Waals surface area contributed by atoms with Gasteiger partial charge in [0.25, 0.3) is 0 Å². The minimum atomic E-state index is -0.629. The van der Waals surface area contributed by atoms with Gasteiger partial charge in [0.2, 0.25) is 0 Å². The van der Waals surface area contributed by atoms with Crippen LogP contribution in [0.1, 0.15) is 11.5 Å². The maximum absolute atomic E-state index is 9.84. The lowest BCUT2D eigenvalue weighted by Gasteiger charge is -2.13. The highest BCUT2D eigenvalue weighted by molar-refractivity contribution is 6.42. The summed E-state index contributed by atoms with van der Waals surface area (Å²) in [6, 6.07) is 8.79. The lowest BCUT2D eigenvalue weighted by molar-refractivity contribution is 0.105. The van der Waals surface area contributed by atoms with Crippen molar-refractivity contribution in [2.45, 2.75) is 19.6 Å². The molecule has 2 aromatic rings. The highest BCUT2D eigenvalue weighted by Crippen LogP contribution is 2.26. The zero-order valence-corrected chi connectivity index (χ0v) is 13.1. The number of hydrogen-bond donors (Lipinski definition) is 2. The summed E-state index contributed by atoms with van der Waals surface area (Å²) < 4.78 is 10.9. The third-order valence-electron chi connectivity index (χ3n) is 2.81. The van der Waals surface area contributed by atoms with Crippen LogP contribution < -0.4 is 10.1 Å². The fraction of sp³-hybridized carbons (Fsp3) is 0.333. The first-order chi connectivity index (χ1) is 10.0. The van der Waals surface area contributed by atoms with E-state index in [0.29, 0.717) is 28.9 Å². The van der Waals surface area contributed by atoms with Gasteiger partial charge in [-0.05, 0) is 31.2 Å². The Labute approximate surface area is 133 Å². The highest BCUT2D eigenvalue weighted by atomic mass is 35.5. The molecule has 0 bridgehead atoms. The fourth-order valence-corrected chi connectivity index (χ4v) is 2.05. The molecule has 4 nitrogen and oxygen atoms in total. The van der Waals surface area contributed by atoms with Crippen LogP contribution in [0.15, 0.2) is 34.7 Å². The number of ether oxygens (including phenoxy) is 1. The van der Waals surface area contributed by atoms with Gasteiger partial charge in [-0.2, -0.15) is 0 Å². The first kappa shape index (κ1) is 16.2. The van der Waals surface area contributed by atoms with E-state index in [1.165, 1.54) is 0 Å². The largest absolute Gasteiger partial charge is 0.491 e. The summed E-state index contributed by atoms with van der Waals surface area (Å²) in [6.07, 6.45) is -0.629. The summed E-state index contributed by atoms with van der Waals surface area (Å²) in [7, 11) is 0. The van der Waals surface area contributed by atoms with E-state index in [9.17, 15) is 5.11 Å². The fourth-order valence-electron chi connectivity index (χ4n) is 1.76.